The van der Waals surface area contributed by atoms with Crippen LogP contribution in [0.2, 0.25) is 0 Å². The number of hydrogen-bond acceptors (Lipinski definition) is 3. The normalized spacial score (nSPS) is 11.6. The van der Waals surface area contributed by atoms with Crippen LogP contribution >= 0.6 is 0 Å². The van der Waals surface area contributed by atoms with Crippen molar-refractivity contribution >= 4 is 10.0 Å². The van der Waals surface area contributed by atoms with E-state index in [1.54, 1.807) is 47.4 Å². The van der Waals surface area contributed by atoms with Crippen LogP contribution in [-0.2, 0) is 16.6 Å². The van der Waals surface area contributed by atoms with Gasteiger partial charge < -0.3 is 0 Å². The molecule has 0 amide bonds. The van der Waals surface area contributed by atoms with Crippen molar-refractivity contribution in [1.82, 2.24) is 14.5 Å². The second-order valence-electron chi connectivity index (χ2n) is 5.02. The van der Waals surface area contributed by atoms with Crippen LogP contribution in [0.15, 0.2) is 65.8 Å². The van der Waals surface area contributed by atoms with Gasteiger partial charge in [0.25, 0.3) is 0 Å². The Kier molecular flexibility index (Phi) is 4.41. The van der Waals surface area contributed by atoms with Crippen LogP contribution in [0.3, 0.4) is 0 Å². The average Bonchev–Trinajstić information content (AvgIpc) is 3.10. The Labute approximate surface area is 137 Å². The second-order valence-corrected chi connectivity index (χ2v) is 6.78. The van der Waals surface area contributed by atoms with Crippen LogP contribution in [-0.4, -0.2) is 18.2 Å². The molecule has 0 unspecified atom stereocenters. The molecule has 8 heteroatoms. The minimum Gasteiger partial charge on any atom is -0.241 e. The molecule has 1 aromatic heterocycles. The molecule has 3 rings (SSSR count). The van der Waals surface area contributed by atoms with Gasteiger partial charge in [0.2, 0.25) is 10.0 Å². The van der Waals surface area contributed by atoms with Gasteiger partial charge in [-0.1, -0.05) is 12.1 Å². The van der Waals surface area contributed by atoms with Gasteiger partial charge in [-0.15, -0.1) is 0 Å². The Morgan fingerprint density at radius 2 is 1.79 bits per heavy atom. The average molecular weight is 349 g/mol. The fourth-order valence-electron chi connectivity index (χ4n) is 2.09. The summed E-state index contributed by atoms with van der Waals surface area (Å²) in [5.41, 5.74) is 1.56. The first-order valence-corrected chi connectivity index (χ1v) is 8.48. The highest BCUT2D eigenvalue weighted by Gasteiger charge is 2.16. The molecule has 0 saturated heterocycles. The van der Waals surface area contributed by atoms with E-state index in [4.69, 9.17) is 0 Å². The summed E-state index contributed by atoms with van der Waals surface area (Å²) in [4.78, 5) is -0.324. The lowest BCUT2D eigenvalue weighted by molar-refractivity contribution is 0.504. The Bertz CT molecular complexity index is 940. The Balaban J connectivity index is 1.71. The van der Waals surface area contributed by atoms with Crippen LogP contribution in [0.25, 0.3) is 5.69 Å². The smallest absolute Gasteiger partial charge is 0.240 e. The van der Waals surface area contributed by atoms with E-state index in [2.05, 4.69) is 9.82 Å². The van der Waals surface area contributed by atoms with E-state index >= 15 is 0 Å². The van der Waals surface area contributed by atoms with Crippen LogP contribution in [0, 0.1) is 11.6 Å². The minimum absolute atomic E-state index is 0.0285. The van der Waals surface area contributed by atoms with Crippen molar-refractivity contribution in [3.05, 3.63) is 78.1 Å². The summed E-state index contributed by atoms with van der Waals surface area (Å²) in [5, 5.41) is 4.10. The standard InChI is InChI=1S/C16H13F2N3O2S/c17-15-7-6-14(10-16(15)18)24(22,23)20-11-12-2-4-13(5-3-12)21-9-1-8-19-21/h1-10,20H,11H2. The molecule has 0 aliphatic carbocycles. The monoisotopic (exact) mass is 349 g/mol. The van der Waals surface area contributed by atoms with Gasteiger partial charge in [-0.05, 0) is 42.0 Å². The molecule has 0 saturated carbocycles. The number of sulfonamides is 1. The number of benzene rings is 2. The summed E-state index contributed by atoms with van der Waals surface area (Å²) in [6.45, 7) is 0.0285. The van der Waals surface area contributed by atoms with Gasteiger partial charge in [0.05, 0.1) is 10.6 Å². The summed E-state index contributed by atoms with van der Waals surface area (Å²) >= 11 is 0. The molecule has 3 aromatic rings. The minimum atomic E-state index is -3.93. The van der Waals surface area contributed by atoms with E-state index in [-0.39, 0.29) is 11.4 Å². The first kappa shape index (κ1) is 16.3. The topological polar surface area (TPSA) is 64.0 Å². The van der Waals surface area contributed by atoms with E-state index in [0.29, 0.717) is 6.07 Å². The van der Waals surface area contributed by atoms with E-state index in [0.717, 1.165) is 23.4 Å². The molecule has 1 heterocycles. The molecular formula is C16H13F2N3O2S. The number of nitrogens with one attached hydrogen (secondary N) is 1. The van der Waals surface area contributed by atoms with Crippen molar-refractivity contribution in [1.29, 1.82) is 0 Å². The Hall–Kier alpha value is -2.58. The summed E-state index contributed by atoms with van der Waals surface area (Å²) < 4.78 is 54.3. The van der Waals surface area contributed by atoms with E-state index < -0.39 is 21.7 Å². The van der Waals surface area contributed by atoms with Gasteiger partial charge in [-0.25, -0.2) is 26.6 Å². The molecule has 0 aliphatic rings. The maximum absolute atomic E-state index is 13.2. The molecule has 0 atom stereocenters. The lowest BCUT2D eigenvalue weighted by atomic mass is 10.2. The first-order chi connectivity index (χ1) is 11.5. The van der Waals surface area contributed by atoms with Gasteiger partial charge in [0.1, 0.15) is 0 Å². The number of halogens is 2. The Morgan fingerprint density at radius 1 is 1.04 bits per heavy atom. The molecule has 0 fully saturated rings. The maximum Gasteiger partial charge on any atom is 0.240 e. The largest absolute Gasteiger partial charge is 0.241 e. The fourth-order valence-corrected chi connectivity index (χ4v) is 3.12. The molecule has 0 spiro atoms. The zero-order valence-corrected chi connectivity index (χ0v) is 13.2. The number of rotatable bonds is 5. The van der Waals surface area contributed by atoms with Crippen molar-refractivity contribution < 1.29 is 17.2 Å². The lowest BCUT2D eigenvalue weighted by Crippen LogP contribution is -2.23. The highest BCUT2D eigenvalue weighted by molar-refractivity contribution is 7.89. The highest BCUT2D eigenvalue weighted by atomic mass is 32.2. The van der Waals surface area contributed by atoms with Gasteiger partial charge in [0.15, 0.2) is 11.6 Å². The number of nitrogens with zero attached hydrogens (tertiary/aromatic N) is 2. The summed E-state index contributed by atoms with van der Waals surface area (Å²) in [6, 6.07) is 11.4. The van der Waals surface area contributed by atoms with Gasteiger partial charge in [-0.2, -0.15) is 5.10 Å². The van der Waals surface area contributed by atoms with Crippen molar-refractivity contribution in [2.75, 3.05) is 0 Å². The SMILES string of the molecule is O=S(=O)(NCc1ccc(-n2cccn2)cc1)c1ccc(F)c(F)c1. The lowest BCUT2D eigenvalue weighted by Gasteiger charge is -2.08. The van der Waals surface area contributed by atoms with Crippen molar-refractivity contribution in [3.63, 3.8) is 0 Å². The number of aromatic nitrogens is 2. The first-order valence-electron chi connectivity index (χ1n) is 6.99. The van der Waals surface area contributed by atoms with E-state index in [9.17, 15) is 17.2 Å². The molecule has 5 nitrogen and oxygen atoms in total. The van der Waals surface area contributed by atoms with Crippen molar-refractivity contribution in [2.45, 2.75) is 11.4 Å². The van der Waals surface area contributed by atoms with E-state index in [1.807, 2.05) is 0 Å². The molecule has 0 radical (unpaired) electrons. The predicted molar refractivity (Wildman–Crippen MR) is 83.9 cm³/mol. The van der Waals surface area contributed by atoms with Crippen molar-refractivity contribution in [3.8, 4) is 5.69 Å². The van der Waals surface area contributed by atoms with Gasteiger partial charge >= 0.3 is 0 Å². The fraction of sp³-hybridized carbons (Fsp3) is 0.0625. The maximum atomic E-state index is 13.2. The molecule has 24 heavy (non-hydrogen) atoms. The van der Waals surface area contributed by atoms with Gasteiger partial charge in [-0.3, -0.25) is 0 Å². The number of hydrogen-bond donors (Lipinski definition) is 1. The third kappa shape index (κ3) is 3.50. The molecule has 124 valence electrons. The Morgan fingerprint density at radius 3 is 2.42 bits per heavy atom. The summed E-state index contributed by atoms with van der Waals surface area (Å²) in [5.74, 6) is -2.30. The third-order valence-corrected chi connectivity index (χ3v) is 4.77. The zero-order valence-electron chi connectivity index (χ0n) is 12.4. The zero-order chi connectivity index (χ0) is 17.2. The summed E-state index contributed by atoms with van der Waals surface area (Å²) in [7, 11) is -3.93. The summed E-state index contributed by atoms with van der Waals surface area (Å²) in [6.07, 6.45) is 3.45. The van der Waals surface area contributed by atoms with E-state index in [1.165, 1.54) is 0 Å². The predicted octanol–water partition coefficient (Wildman–Crippen LogP) is 2.63. The van der Waals surface area contributed by atoms with Crippen LogP contribution in [0.5, 0.6) is 0 Å². The second kappa shape index (κ2) is 6.50. The van der Waals surface area contributed by atoms with Crippen LogP contribution in [0.4, 0.5) is 8.78 Å². The molecule has 1 N–H and O–H groups in total. The molecule has 0 aliphatic heterocycles. The van der Waals surface area contributed by atoms with Crippen molar-refractivity contribution in [2.24, 2.45) is 0 Å². The molecular weight excluding hydrogens is 336 g/mol. The van der Waals surface area contributed by atoms with Crippen LogP contribution in [0.1, 0.15) is 5.56 Å². The third-order valence-electron chi connectivity index (χ3n) is 3.37. The highest BCUT2D eigenvalue weighted by Crippen LogP contribution is 2.15. The van der Waals surface area contributed by atoms with Gasteiger partial charge in [0, 0.05) is 18.9 Å². The van der Waals surface area contributed by atoms with Crippen LogP contribution < -0.4 is 4.72 Å². The molecule has 2 aromatic carbocycles. The molecule has 0 bridgehead atoms. The quantitative estimate of drug-likeness (QED) is 0.770.